The van der Waals surface area contributed by atoms with Crippen molar-refractivity contribution >= 4 is 29.0 Å². The van der Waals surface area contributed by atoms with E-state index < -0.39 is 0 Å². The van der Waals surface area contributed by atoms with Crippen LogP contribution in [0.15, 0.2) is 30.0 Å². The average molecular weight is 389 g/mol. The zero-order valence-electron chi connectivity index (χ0n) is 15.5. The van der Waals surface area contributed by atoms with Crippen LogP contribution in [-0.4, -0.2) is 54.0 Å². The lowest BCUT2D eigenvalue weighted by Crippen LogP contribution is -2.44. The molecular formula is C21H25ClN2O3. The predicted molar refractivity (Wildman–Crippen MR) is 104 cm³/mol. The van der Waals surface area contributed by atoms with E-state index in [-0.39, 0.29) is 17.9 Å². The third kappa shape index (κ3) is 3.63. The molecule has 6 heteroatoms. The first-order valence-electron chi connectivity index (χ1n) is 9.87. The highest BCUT2D eigenvalue weighted by Gasteiger charge is 2.44. The second-order valence-corrected chi connectivity index (χ2v) is 7.89. The molecule has 0 N–H and O–H groups in total. The quantitative estimate of drug-likeness (QED) is 0.587. The van der Waals surface area contributed by atoms with Gasteiger partial charge in [-0.25, -0.2) is 0 Å². The Morgan fingerprint density at radius 1 is 0.889 bits per heavy atom. The molecule has 1 saturated heterocycles. The van der Waals surface area contributed by atoms with Crippen molar-refractivity contribution in [3.63, 3.8) is 0 Å². The summed E-state index contributed by atoms with van der Waals surface area (Å²) in [4.78, 5) is 30.4. The van der Waals surface area contributed by atoms with Crippen LogP contribution < -0.4 is 0 Å². The van der Waals surface area contributed by atoms with Gasteiger partial charge in [-0.05, 0) is 30.5 Å². The van der Waals surface area contributed by atoms with E-state index in [1.807, 2.05) is 17.0 Å². The second-order valence-electron chi connectivity index (χ2n) is 7.46. The fourth-order valence-electron chi connectivity index (χ4n) is 4.34. The van der Waals surface area contributed by atoms with Crippen LogP contribution in [0.5, 0.6) is 0 Å². The van der Waals surface area contributed by atoms with E-state index in [4.69, 9.17) is 16.3 Å². The molecule has 1 saturated carbocycles. The summed E-state index contributed by atoms with van der Waals surface area (Å²) < 4.78 is 5.45. The van der Waals surface area contributed by atoms with Crippen molar-refractivity contribution in [2.24, 2.45) is 0 Å². The van der Waals surface area contributed by atoms with Crippen LogP contribution in [0.2, 0.25) is 5.02 Å². The molecule has 2 fully saturated rings. The van der Waals surface area contributed by atoms with Crippen LogP contribution in [0, 0.1) is 0 Å². The minimum atomic E-state index is -0.157. The van der Waals surface area contributed by atoms with Crippen molar-refractivity contribution in [3.05, 3.63) is 40.5 Å². The zero-order valence-corrected chi connectivity index (χ0v) is 16.2. The molecule has 2 heterocycles. The van der Waals surface area contributed by atoms with Crippen molar-refractivity contribution in [2.75, 3.05) is 26.3 Å². The van der Waals surface area contributed by atoms with Crippen LogP contribution in [0.1, 0.15) is 44.1 Å². The molecule has 0 radical (unpaired) electrons. The predicted octanol–water partition coefficient (Wildman–Crippen LogP) is 3.47. The fraction of sp³-hybridized carbons (Fsp3) is 0.524. The van der Waals surface area contributed by atoms with Crippen molar-refractivity contribution < 1.29 is 14.3 Å². The largest absolute Gasteiger partial charge is 0.378 e. The van der Waals surface area contributed by atoms with Crippen LogP contribution >= 0.6 is 11.6 Å². The number of nitrogens with zero attached hydrogens (tertiary/aromatic N) is 2. The van der Waals surface area contributed by atoms with Gasteiger partial charge in [0.1, 0.15) is 5.70 Å². The Hall–Kier alpha value is -1.85. The summed E-state index contributed by atoms with van der Waals surface area (Å²) in [7, 11) is 0. The Balaban J connectivity index is 1.73. The van der Waals surface area contributed by atoms with Gasteiger partial charge in [0, 0.05) is 24.2 Å². The van der Waals surface area contributed by atoms with E-state index in [1.54, 1.807) is 17.0 Å². The number of halogens is 1. The molecule has 144 valence electrons. The van der Waals surface area contributed by atoms with E-state index in [2.05, 4.69) is 0 Å². The highest BCUT2D eigenvalue weighted by Crippen LogP contribution is 2.36. The Labute approximate surface area is 164 Å². The minimum Gasteiger partial charge on any atom is -0.378 e. The van der Waals surface area contributed by atoms with Gasteiger partial charge in [-0.1, -0.05) is 49.4 Å². The maximum Gasteiger partial charge on any atom is 0.278 e. The van der Waals surface area contributed by atoms with Gasteiger partial charge >= 0.3 is 0 Å². The van der Waals surface area contributed by atoms with Crippen LogP contribution in [-0.2, 0) is 14.3 Å². The molecular weight excluding hydrogens is 364 g/mol. The van der Waals surface area contributed by atoms with Gasteiger partial charge in [0.05, 0.1) is 18.8 Å². The van der Waals surface area contributed by atoms with E-state index in [9.17, 15) is 9.59 Å². The third-order valence-corrected chi connectivity index (χ3v) is 5.99. The van der Waals surface area contributed by atoms with E-state index in [0.29, 0.717) is 42.6 Å². The lowest BCUT2D eigenvalue weighted by Gasteiger charge is -2.31. The first-order chi connectivity index (χ1) is 13.2. The van der Waals surface area contributed by atoms with Crippen molar-refractivity contribution in [2.45, 2.75) is 44.6 Å². The van der Waals surface area contributed by atoms with Gasteiger partial charge in [0.25, 0.3) is 11.8 Å². The highest BCUT2D eigenvalue weighted by molar-refractivity contribution is 6.36. The minimum absolute atomic E-state index is 0.00772. The molecule has 0 spiro atoms. The molecule has 0 atom stereocenters. The van der Waals surface area contributed by atoms with Gasteiger partial charge in [0.15, 0.2) is 0 Å². The summed E-state index contributed by atoms with van der Waals surface area (Å²) in [5.74, 6) is -0.297. The number of ether oxygens (including phenoxy) is 1. The average Bonchev–Trinajstić information content (AvgIpc) is 2.85. The van der Waals surface area contributed by atoms with Crippen LogP contribution in [0.3, 0.4) is 0 Å². The van der Waals surface area contributed by atoms with E-state index in [0.717, 1.165) is 31.2 Å². The standard InChI is InChI=1S/C21H25ClN2O3/c22-16-9-7-15(8-10-16)18-19(23-11-13-27-14-12-23)21(26)24(20(18)25)17-5-3-1-2-4-6-17/h7-10,17H,1-6,11-14H2. The molecule has 27 heavy (non-hydrogen) atoms. The lowest BCUT2D eigenvalue weighted by atomic mass is 10.0. The number of hydrogen-bond donors (Lipinski definition) is 0. The Bertz CT molecular complexity index is 745. The zero-order chi connectivity index (χ0) is 18.8. The molecule has 3 aliphatic rings. The summed E-state index contributed by atoms with van der Waals surface area (Å²) in [5.41, 5.74) is 1.81. The van der Waals surface area contributed by atoms with Crippen molar-refractivity contribution in [3.8, 4) is 0 Å². The molecule has 4 rings (SSSR count). The number of hydrogen-bond acceptors (Lipinski definition) is 4. The summed E-state index contributed by atoms with van der Waals surface area (Å²) in [6.45, 7) is 2.40. The number of imide groups is 1. The highest BCUT2D eigenvalue weighted by atomic mass is 35.5. The molecule has 2 aliphatic heterocycles. The van der Waals surface area contributed by atoms with Crippen molar-refractivity contribution in [1.29, 1.82) is 0 Å². The molecule has 0 bridgehead atoms. The molecule has 2 amide bonds. The monoisotopic (exact) mass is 388 g/mol. The van der Waals surface area contributed by atoms with E-state index >= 15 is 0 Å². The van der Waals surface area contributed by atoms with E-state index in [1.165, 1.54) is 12.8 Å². The molecule has 0 unspecified atom stereocenters. The molecule has 5 nitrogen and oxygen atoms in total. The molecule has 1 aromatic carbocycles. The van der Waals surface area contributed by atoms with Gasteiger partial charge in [-0.2, -0.15) is 0 Å². The van der Waals surface area contributed by atoms with Gasteiger partial charge in [-0.3, -0.25) is 14.5 Å². The molecule has 1 aromatic rings. The second kappa shape index (κ2) is 8.03. The summed E-state index contributed by atoms with van der Waals surface area (Å²) in [6.07, 6.45) is 6.32. The summed E-state index contributed by atoms with van der Waals surface area (Å²) >= 11 is 6.03. The number of rotatable bonds is 3. The Morgan fingerprint density at radius 2 is 1.52 bits per heavy atom. The Kier molecular flexibility index (Phi) is 5.50. The maximum atomic E-state index is 13.4. The smallest absolute Gasteiger partial charge is 0.278 e. The molecule has 1 aliphatic carbocycles. The number of morpholine rings is 1. The van der Waals surface area contributed by atoms with Gasteiger partial charge in [-0.15, -0.1) is 0 Å². The number of amides is 2. The molecule has 0 aromatic heterocycles. The maximum absolute atomic E-state index is 13.4. The SMILES string of the molecule is O=C1C(c2ccc(Cl)cc2)=C(N2CCOCC2)C(=O)N1C1CCCCCC1. The lowest BCUT2D eigenvalue weighted by molar-refractivity contribution is -0.140. The summed E-state index contributed by atoms with van der Waals surface area (Å²) in [5, 5.41) is 0.615. The van der Waals surface area contributed by atoms with Crippen molar-refractivity contribution in [1.82, 2.24) is 9.80 Å². The van der Waals surface area contributed by atoms with Crippen LogP contribution in [0.4, 0.5) is 0 Å². The van der Waals surface area contributed by atoms with Gasteiger partial charge in [0.2, 0.25) is 0 Å². The fourth-order valence-corrected chi connectivity index (χ4v) is 4.47. The number of benzene rings is 1. The number of carbonyl (C=O) groups excluding carboxylic acids is 2. The topological polar surface area (TPSA) is 49.9 Å². The normalized spacial score (nSPS) is 22.6. The Morgan fingerprint density at radius 3 is 2.15 bits per heavy atom. The summed E-state index contributed by atoms with van der Waals surface area (Å²) in [6, 6.07) is 7.22. The third-order valence-electron chi connectivity index (χ3n) is 5.74. The number of carbonyl (C=O) groups is 2. The van der Waals surface area contributed by atoms with Gasteiger partial charge < -0.3 is 9.64 Å². The first kappa shape index (κ1) is 18.5. The van der Waals surface area contributed by atoms with Crippen LogP contribution in [0.25, 0.3) is 5.57 Å². The first-order valence-corrected chi connectivity index (χ1v) is 10.3.